The molecule has 1 aromatic rings. The van der Waals surface area contributed by atoms with Crippen molar-refractivity contribution in [3.05, 3.63) is 29.8 Å². The molecular formula is C12H15ClF3N. The fourth-order valence-corrected chi connectivity index (χ4v) is 1.83. The number of hydrogen-bond acceptors (Lipinski definition) is 1. The van der Waals surface area contributed by atoms with Gasteiger partial charge in [-0.1, -0.05) is 19.1 Å². The summed E-state index contributed by atoms with van der Waals surface area (Å²) >= 11 is 5.57. The number of anilines is 1. The van der Waals surface area contributed by atoms with E-state index in [9.17, 15) is 13.2 Å². The number of nitrogens with one attached hydrogen (secondary N) is 1. The molecule has 1 unspecified atom stereocenters. The molecule has 0 amide bonds. The van der Waals surface area contributed by atoms with Crippen molar-refractivity contribution >= 4 is 17.3 Å². The minimum Gasteiger partial charge on any atom is -0.384 e. The van der Waals surface area contributed by atoms with Gasteiger partial charge in [0, 0.05) is 18.1 Å². The molecule has 0 heterocycles. The van der Waals surface area contributed by atoms with Crippen LogP contribution in [0.4, 0.5) is 18.9 Å². The third-order valence-corrected chi connectivity index (χ3v) is 2.69. The van der Waals surface area contributed by atoms with E-state index in [1.807, 2.05) is 6.92 Å². The number of para-hydroxylation sites is 1. The van der Waals surface area contributed by atoms with E-state index in [1.54, 1.807) is 6.07 Å². The molecule has 0 aliphatic rings. The topological polar surface area (TPSA) is 12.0 Å². The third-order valence-electron chi connectivity index (χ3n) is 2.48. The van der Waals surface area contributed by atoms with Crippen molar-refractivity contribution < 1.29 is 13.2 Å². The van der Waals surface area contributed by atoms with Crippen LogP contribution in [0.1, 0.15) is 18.9 Å². The number of halogens is 4. The Kier molecular flexibility index (Phi) is 5.12. The Morgan fingerprint density at radius 3 is 2.53 bits per heavy atom. The molecule has 0 bridgehead atoms. The van der Waals surface area contributed by atoms with Gasteiger partial charge in [0.15, 0.2) is 0 Å². The van der Waals surface area contributed by atoms with Gasteiger partial charge < -0.3 is 5.32 Å². The van der Waals surface area contributed by atoms with Gasteiger partial charge in [0.25, 0.3) is 0 Å². The van der Waals surface area contributed by atoms with Crippen molar-refractivity contribution in [1.29, 1.82) is 0 Å². The van der Waals surface area contributed by atoms with Gasteiger partial charge in [-0.15, -0.1) is 11.6 Å². The highest BCUT2D eigenvalue weighted by Crippen LogP contribution is 2.34. The second-order valence-corrected chi connectivity index (χ2v) is 4.39. The predicted octanol–water partition coefficient (Wildman–Crippen LogP) is 4.38. The normalized spacial score (nSPS) is 13.5. The van der Waals surface area contributed by atoms with Crippen LogP contribution in [0, 0.1) is 5.92 Å². The molecule has 1 aromatic carbocycles. The summed E-state index contributed by atoms with van der Waals surface area (Å²) in [6, 6.07) is 5.49. The number of rotatable bonds is 5. The molecule has 1 atom stereocenters. The second-order valence-electron chi connectivity index (χ2n) is 4.01. The van der Waals surface area contributed by atoms with E-state index in [2.05, 4.69) is 5.32 Å². The predicted molar refractivity (Wildman–Crippen MR) is 64.4 cm³/mol. The first-order chi connectivity index (χ1) is 7.95. The Labute approximate surface area is 104 Å². The molecule has 1 nitrogen and oxygen atoms in total. The van der Waals surface area contributed by atoms with Crippen LogP contribution in [0.3, 0.4) is 0 Å². The van der Waals surface area contributed by atoms with Crippen molar-refractivity contribution in [2.24, 2.45) is 5.92 Å². The summed E-state index contributed by atoms with van der Waals surface area (Å²) < 4.78 is 38.0. The molecule has 0 aliphatic carbocycles. The maximum atomic E-state index is 12.7. The van der Waals surface area contributed by atoms with Crippen LogP contribution >= 0.6 is 11.6 Å². The molecule has 0 aromatic heterocycles. The molecule has 96 valence electrons. The minimum absolute atomic E-state index is 0.126. The lowest BCUT2D eigenvalue weighted by atomic mass is 10.1. The van der Waals surface area contributed by atoms with Crippen LogP contribution in [0.2, 0.25) is 0 Å². The van der Waals surface area contributed by atoms with E-state index in [0.717, 1.165) is 12.5 Å². The minimum atomic E-state index is -4.32. The van der Waals surface area contributed by atoms with Crippen LogP contribution < -0.4 is 5.32 Å². The Hall–Kier alpha value is -0.900. The molecule has 0 aliphatic heterocycles. The first-order valence-electron chi connectivity index (χ1n) is 5.41. The van der Waals surface area contributed by atoms with E-state index >= 15 is 0 Å². The number of alkyl halides is 4. The molecule has 0 saturated heterocycles. The quantitative estimate of drug-likeness (QED) is 0.779. The van der Waals surface area contributed by atoms with Crippen LogP contribution in [0.15, 0.2) is 24.3 Å². The Morgan fingerprint density at radius 1 is 1.29 bits per heavy atom. The summed E-state index contributed by atoms with van der Waals surface area (Å²) in [4.78, 5) is 0. The van der Waals surface area contributed by atoms with Gasteiger partial charge in [0.2, 0.25) is 0 Å². The lowest BCUT2D eigenvalue weighted by Crippen LogP contribution is -2.15. The van der Waals surface area contributed by atoms with E-state index < -0.39 is 11.7 Å². The highest BCUT2D eigenvalue weighted by molar-refractivity contribution is 6.17. The average molecular weight is 266 g/mol. The monoisotopic (exact) mass is 265 g/mol. The lowest BCUT2D eigenvalue weighted by Gasteiger charge is -2.16. The van der Waals surface area contributed by atoms with Gasteiger partial charge in [-0.05, 0) is 24.5 Å². The largest absolute Gasteiger partial charge is 0.418 e. The first kappa shape index (κ1) is 14.2. The molecule has 0 radical (unpaired) electrons. The van der Waals surface area contributed by atoms with Gasteiger partial charge in [0.1, 0.15) is 0 Å². The van der Waals surface area contributed by atoms with Crippen LogP contribution in [0.25, 0.3) is 0 Å². The Morgan fingerprint density at radius 2 is 1.94 bits per heavy atom. The zero-order chi connectivity index (χ0) is 12.9. The summed E-state index contributed by atoms with van der Waals surface area (Å²) in [6.07, 6.45) is -3.54. The van der Waals surface area contributed by atoms with Gasteiger partial charge >= 0.3 is 6.18 Å². The van der Waals surface area contributed by atoms with Crippen LogP contribution in [-0.2, 0) is 6.18 Å². The molecule has 1 N–H and O–H groups in total. The maximum Gasteiger partial charge on any atom is 0.418 e. The van der Waals surface area contributed by atoms with Gasteiger partial charge in [-0.2, -0.15) is 13.2 Å². The molecular weight excluding hydrogens is 251 g/mol. The molecule has 1 rings (SSSR count). The number of hydrogen-bond donors (Lipinski definition) is 1. The van der Waals surface area contributed by atoms with Crippen molar-refractivity contribution in [2.75, 3.05) is 17.7 Å². The van der Waals surface area contributed by atoms with Crippen molar-refractivity contribution in [3.63, 3.8) is 0 Å². The fraction of sp³-hybridized carbons (Fsp3) is 0.500. The van der Waals surface area contributed by atoms with E-state index in [-0.39, 0.29) is 11.6 Å². The lowest BCUT2D eigenvalue weighted by molar-refractivity contribution is -0.136. The molecule has 0 spiro atoms. The summed E-state index contributed by atoms with van der Waals surface area (Å²) in [5.41, 5.74) is -0.500. The van der Waals surface area contributed by atoms with Gasteiger partial charge in [-0.25, -0.2) is 0 Å². The standard InChI is InChI=1S/C12H15ClF3N/c1-9(6-7-13)8-17-11-5-3-2-4-10(11)12(14,15)16/h2-5,9,17H,6-8H2,1H3. The SMILES string of the molecule is CC(CCCl)CNc1ccccc1C(F)(F)F. The second kappa shape index (κ2) is 6.15. The van der Waals surface area contributed by atoms with Crippen LogP contribution in [-0.4, -0.2) is 12.4 Å². The highest BCUT2D eigenvalue weighted by atomic mass is 35.5. The summed E-state index contributed by atoms with van der Waals surface area (Å²) in [6.45, 7) is 2.44. The van der Waals surface area contributed by atoms with E-state index in [4.69, 9.17) is 11.6 Å². The Balaban J connectivity index is 2.71. The zero-order valence-electron chi connectivity index (χ0n) is 9.52. The van der Waals surface area contributed by atoms with E-state index in [1.165, 1.54) is 12.1 Å². The van der Waals surface area contributed by atoms with Gasteiger partial charge in [-0.3, -0.25) is 0 Å². The number of benzene rings is 1. The van der Waals surface area contributed by atoms with Gasteiger partial charge in [0.05, 0.1) is 5.56 Å². The summed E-state index contributed by atoms with van der Waals surface area (Å²) in [5.74, 6) is 0.762. The smallest absolute Gasteiger partial charge is 0.384 e. The average Bonchev–Trinajstić information content (AvgIpc) is 2.26. The molecule has 5 heteroatoms. The van der Waals surface area contributed by atoms with Crippen molar-refractivity contribution in [2.45, 2.75) is 19.5 Å². The molecule has 17 heavy (non-hydrogen) atoms. The molecule has 0 fully saturated rings. The van der Waals surface area contributed by atoms with E-state index in [0.29, 0.717) is 12.4 Å². The highest BCUT2D eigenvalue weighted by Gasteiger charge is 2.33. The molecule has 0 saturated carbocycles. The summed E-state index contributed by atoms with van der Waals surface area (Å²) in [7, 11) is 0. The van der Waals surface area contributed by atoms with Crippen LogP contribution in [0.5, 0.6) is 0 Å². The fourth-order valence-electron chi connectivity index (χ4n) is 1.46. The summed E-state index contributed by atoms with van der Waals surface area (Å²) in [5, 5.41) is 2.83. The zero-order valence-corrected chi connectivity index (χ0v) is 10.3. The van der Waals surface area contributed by atoms with Crippen molar-refractivity contribution in [3.8, 4) is 0 Å². The first-order valence-corrected chi connectivity index (χ1v) is 5.94. The third kappa shape index (κ3) is 4.46. The van der Waals surface area contributed by atoms with Crippen molar-refractivity contribution in [1.82, 2.24) is 0 Å². The maximum absolute atomic E-state index is 12.7. The Bertz CT molecular complexity index is 352.